The van der Waals surface area contributed by atoms with Crippen molar-refractivity contribution in [2.45, 2.75) is 31.7 Å². The van der Waals surface area contributed by atoms with Crippen LogP contribution < -0.4 is 20.3 Å². The number of fused-ring (bicyclic) bond motifs is 2. The van der Waals surface area contributed by atoms with Crippen molar-refractivity contribution in [1.82, 2.24) is 24.8 Å². The van der Waals surface area contributed by atoms with E-state index >= 15 is 0 Å². The predicted octanol–water partition coefficient (Wildman–Crippen LogP) is 1.35. The van der Waals surface area contributed by atoms with Crippen molar-refractivity contribution in [2.75, 3.05) is 32.8 Å². The van der Waals surface area contributed by atoms with Crippen molar-refractivity contribution in [2.24, 2.45) is 0 Å². The highest BCUT2D eigenvalue weighted by molar-refractivity contribution is 5.85. The van der Waals surface area contributed by atoms with Gasteiger partial charge in [0.25, 0.3) is 5.56 Å². The largest absolute Gasteiger partial charge is 0.486 e. The lowest BCUT2D eigenvalue weighted by atomic mass is 10.0. The summed E-state index contributed by atoms with van der Waals surface area (Å²) >= 11 is 0. The van der Waals surface area contributed by atoms with E-state index in [-0.39, 0.29) is 24.0 Å². The molecule has 5 heterocycles. The average Bonchev–Trinajstić information content (AvgIpc) is 2.82. The number of piperidine rings is 1. The highest BCUT2D eigenvalue weighted by atomic mass is 35.5. The maximum Gasteiger partial charge on any atom is 0.251 e. The molecule has 0 amide bonds. The molecule has 9 nitrogen and oxygen atoms in total. The van der Waals surface area contributed by atoms with Gasteiger partial charge in [0.05, 0.1) is 35.2 Å². The third-order valence-electron chi connectivity index (χ3n) is 6.14. The molecule has 2 aliphatic rings. The van der Waals surface area contributed by atoms with E-state index in [4.69, 9.17) is 9.47 Å². The van der Waals surface area contributed by atoms with Crippen molar-refractivity contribution < 1.29 is 19.0 Å². The molecule has 2 aliphatic heterocycles. The summed E-state index contributed by atoms with van der Waals surface area (Å²) in [7, 11) is 0. The van der Waals surface area contributed by atoms with Crippen LogP contribution in [0.1, 0.15) is 12.1 Å². The number of likely N-dealkylation sites (tertiary alicyclic amines) is 1. The van der Waals surface area contributed by atoms with Crippen LogP contribution in [0.15, 0.2) is 41.5 Å². The van der Waals surface area contributed by atoms with Crippen LogP contribution in [0.25, 0.3) is 11.0 Å². The molecule has 0 bridgehead atoms. The van der Waals surface area contributed by atoms with E-state index in [0.717, 1.165) is 24.9 Å². The molecule has 2 atom stereocenters. The summed E-state index contributed by atoms with van der Waals surface area (Å²) < 4.78 is 26.3. The summed E-state index contributed by atoms with van der Waals surface area (Å²) in [6.07, 6.45) is 3.01. The Morgan fingerprint density at radius 3 is 2.76 bits per heavy atom. The Morgan fingerprint density at radius 2 is 1.94 bits per heavy atom. The summed E-state index contributed by atoms with van der Waals surface area (Å²) in [5.74, 6) is 0.876. The Hall–Kier alpha value is -2.79. The van der Waals surface area contributed by atoms with Gasteiger partial charge in [0.2, 0.25) is 0 Å². The van der Waals surface area contributed by atoms with Crippen LogP contribution in [-0.2, 0) is 13.1 Å². The number of pyridine rings is 3. The van der Waals surface area contributed by atoms with E-state index in [1.807, 2.05) is 6.07 Å². The fraction of sp³-hybridized carbons (Fsp3) is 0.435. The van der Waals surface area contributed by atoms with Gasteiger partial charge in [0.1, 0.15) is 19.0 Å². The maximum atomic E-state index is 13.7. The van der Waals surface area contributed by atoms with E-state index in [0.29, 0.717) is 61.9 Å². The Labute approximate surface area is 201 Å². The van der Waals surface area contributed by atoms with Crippen LogP contribution in [-0.4, -0.2) is 69.5 Å². The molecule has 0 radical (unpaired) electrons. The first-order chi connectivity index (χ1) is 16.1. The average molecular weight is 492 g/mol. The quantitative estimate of drug-likeness (QED) is 0.533. The second-order valence-electron chi connectivity index (χ2n) is 8.34. The summed E-state index contributed by atoms with van der Waals surface area (Å²) in [5, 5.41) is 14.1. The van der Waals surface area contributed by atoms with Crippen LogP contribution in [0.5, 0.6) is 11.5 Å². The van der Waals surface area contributed by atoms with Crippen LogP contribution in [0, 0.1) is 5.82 Å². The minimum absolute atomic E-state index is 0. The summed E-state index contributed by atoms with van der Waals surface area (Å²) in [5.41, 5.74) is 1.68. The van der Waals surface area contributed by atoms with Crippen molar-refractivity contribution in [3.05, 3.63) is 58.5 Å². The van der Waals surface area contributed by atoms with E-state index < -0.39 is 11.9 Å². The summed E-state index contributed by atoms with van der Waals surface area (Å²) in [6, 6.07) is 6.19. The lowest BCUT2D eigenvalue weighted by Crippen LogP contribution is -2.53. The Morgan fingerprint density at radius 1 is 1.12 bits per heavy atom. The number of ether oxygens (including phenoxy) is 2. The second kappa shape index (κ2) is 10.6. The van der Waals surface area contributed by atoms with Crippen LogP contribution in [0.3, 0.4) is 0 Å². The number of nitrogens with zero attached hydrogens (tertiary/aromatic N) is 4. The summed E-state index contributed by atoms with van der Waals surface area (Å²) in [4.78, 5) is 22.9. The number of aliphatic hydroxyl groups excluding tert-OH is 1. The molecular formula is C23H27ClFN5O4. The SMILES string of the molecule is Cl.O=c1ccc2ncc(F)cc2n1CCN1CC[C@H](NCc2cc3c(cn2)OCCO3)[C@H](O)C1. The number of halogens is 2. The number of rotatable bonds is 6. The maximum absolute atomic E-state index is 13.7. The van der Waals surface area contributed by atoms with Crippen molar-refractivity contribution in [1.29, 1.82) is 0 Å². The van der Waals surface area contributed by atoms with Gasteiger partial charge in [-0.2, -0.15) is 0 Å². The second-order valence-corrected chi connectivity index (χ2v) is 8.34. The third kappa shape index (κ3) is 5.30. The first kappa shape index (κ1) is 24.3. The Kier molecular flexibility index (Phi) is 7.62. The fourth-order valence-electron chi connectivity index (χ4n) is 4.37. The van der Waals surface area contributed by atoms with Gasteiger partial charge in [-0.1, -0.05) is 0 Å². The molecule has 1 saturated heterocycles. The molecule has 5 rings (SSSR count). The Balaban J connectivity index is 0.00000274. The van der Waals surface area contributed by atoms with Gasteiger partial charge in [0.15, 0.2) is 11.5 Å². The minimum Gasteiger partial charge on any atom is -0.486 e. The number of aromatic nitrogens is 3. The molecule has 3 aromatic heterocycles. The monoisotopic (exact) mass is 491 g/mol. The number of hydrogen-bond donors (Lipinski definition) is 2. The number of hydrogen-bond acceptors (Lipinski definition) is 8. The van der Waals surface area contributed by atoms with Gasteiger partial charge in [-0.3, -0.25) is 19.7 Å². The molecule has 0 saturated carbocycles. The van der Waals surface area contributed by atoms with Crippen molar-refractivity contribution in [3.63, 3.8) is 0 Å². The standard InChI is InChI=1S/C23H26FN5O4.ClH/c24-15-9-19-17(26-11-15)1-2-23(31)29(19)6-5-28-4-3-18(20(30)14-28)27-12-16-10-21-22(13-25-16)33-8-7-32-21;/h1-2,9-11,13,18,20,27,30H,3-8,12,14H2;1H/t18-,20+;/m0./s1. The molecule has 1 fully saturated rings. The molecule has 2 N–H and O–H groups in total. The molecule has 0 spiro atoms. The summed E-state index contributed by atoms with van der Waals surface area (Å²) in [6.45, 7) is 3.80. The molecule has 34 heavy (non-hydrogen) atoms. The van der Waals surface area contributed by atoms with E-state index in [2.05, 4.69) is 20.2 Å². The van der Waals surface area contributed by atoms with E-state index in [1.165, 1.54) is 16.7 Å². The lowest BCUT2D eigenvalue weighted by Gasteiger charge is -2.36. The molecule has 182 valence electrons. The molecule has 3 aromatic rings. The number of aliphatic hydroxyl groups is 1. The normalized spacial score (nSPS) is 20.2. The van der Waals surface area contributed by atoms with E-state index in [9.17, 15) is 14.3 Å². The van der Waals surface area contributed by atoms with Gasteiger partial charge in [-0.05, 0) is 19.0 Å². The predicted molar refractivity (Wildman–Crippen MR) is 126 cm³/mol. The van der Waals surface area contributed by atoms with Crippen LogP contribution in [0.2, 0.25) is 0 Å². The van der Waals surface area contributed by atoms with Crippen LogP contribution in [0.4, 0.5) is 4.39 Å². The first-order valence-electron chi connectivity index (χ1n) is 11.1. The number of β-amino-alcohol motifs (C(OH)–C–C–N with tert-alkyl or cyclic N) is 1. The van der Waals surface area contributed by atoms with Crippen LogP contribution >= 0.6 is 12.4 Å². The van der Waals surface area contributed by atoms with Crippen molar-refractivity contribution in [3.8, 4) is 11.5 Å². The lowest BCUT2D eigenvalue weighted by molar-refractivity contribution is 0.0384. The highest BCUT2D eigenvalue weighted by Gasteiger charge is 2.27. The number of nitrogens with one attached hydrogen (secondary N) is 1. The minimum atomic E-state index is -0.556. The molecular weight excluding hydrogens is 465 g/mol. The van der Waals surface area contributed by atoms with Gasteiger partial charge in [-0.25, -0.2) is 4.39 Å². The highest BCUT2D eigenvalue weighted by Crippen LogP contribution is 2.29. The third-order valence-corrected chi connectivity index (χ3v) is 6.14. The first-order valence-corrected chi connectivity index (χ1v) is 11.1. The Bertz CT molecular complexity index is 1210. The van der Waals surface area contributed by atoms with Gasteiger partial charge < -0.3 is 24.5 Å². The van der Waals surface area contributed by atoms with Gasteiger partial charge >= 0.3 is 0 Å². The zero-order valence-electron chi connectivity index (χ0n) is 18.5. The zero-order valence-corrected chi connectivity index (χ0v) is 19.3. The molecule has 11 heteroatoms. The van der Waals surface area contributed by atoms with Crippen molar-refractivity contribution >= 4 is 23.4 Å². The molecule has 0 aromatic carbocycles. The van der Waals surface area contributed by atoms with Gasteiger partial charge in [0, 0.05) is 50.4 Å². The topological polar surface area (TPSA) is 102 Å². The zero-order chi connectivity index (χ0) is 22.8. The fourth-order valence-corrected chi connectivity index (χ4v) is 4.37. The van der Waals surface area contributed by atoms with E-state index in [1.54, 1.807) is 12.3 Å². The van der Waals surface area contributed by atoms with Gasteiger partial charge in [-0.15, -0.1) is 12.4 Å². The molecule has 0 aliphatic carbocycles. The molecule has 0 unspecified atom stereocenters. The smallest absolute Gasteiger partial charge is 0.251 e.